The normalized spacial score (nSPS) is 19.4. The molecule has 1 N–H and O–H groups in total. The smallest absolute Gasteiger partial charge is 0.0621 e. The number of nitrogens with zero attached hydrogens (tertiary/aromatic N) is 1. The van der Waals surface area contributed by atoms with Gasteiger partial charge in [0.15, 0.2) is 0 Å². The first-order valence-electron chi connectivity index (χ1n) is 5.84. The largest absolute Gasteiger partial charge is 0.316 e. The van der Waals surface area contributed by atoms with Gasteiger partial charge in [0.1, 0.15) is 0 Å². The predicted molar refractivity (Wildman–Crippen MR) is 58.9 cm³/mol. The molecule has 80 valence electrons. The van der Waals surface area contributed by atoms with Gasteiger partial charge in [-0.25, -0.2) is 0 Å². The van der Waals surface area contributed by atoms with Crippen molar-refractivity contribution in [2.45, 2.75) is 51.9 Å². The van der Waals surface area contributed by atoms with Gasteiger partial charge in [-0.2, -0.15) is 5.26 Å². The minimum atomic E-state index is 0.565. The van der Waals surface area contributed by atoms with Gasteiger partial charge < -0.3 is 5.32 Å². The maximum atomic E-state index is 8.37. The van der Waals surface area contributed by atoms with Crippen molar-refractivity contribution in [3.05, 3.63) is 0 Å². The summed E-state index contributed by atoms with van der Waals surface area (Å²) >= 11 is 0. The zero-order valence-corrected chi connectivity index (χ0v) is 9.31. The molecule has 2 heteroatoms. The van der Waals surface area contributed by atoms with E-state index in [9.17, 15) is 0 Å². The molecule has 1 aliphatic rings. The zero-order chi connectivity index (χ0) is 10.3. The van der Waals surface area contributed by atoms with E-state index in [-0.39, 0.29) is 0 Å². The maximum absolute atomic E-state index is 8.37. The van der Waals surface area contributed by atoms with Crippen LogP contribution in [0.25, 0.3) is 0 Å². The molecule has 0 heterocycles. The maximum Gasteiger partial charge on any atom is 0.0621 e. The lowest BCUT2D eigenvalue weighted by Crippen LogP contribution is -2.30. The molecule has 1 fully saturated rings. The third-order valence-electron chi connectivity index (χ3n) is 3.25. The molecule has 0 bridgehead atoms. The molecular formula is C12H22N2. The molecule has 0 aromatic rings. The van der Waals surface area contributed by atoms with E-state index in [1.807, 2.05) is 0 Å². The molecule has 0 saturated heterocycles. The Labute approximate surface area is 87.7 Å². The molecule has 0 amide bonds. The summed E-state index contributed by atoms with van der Waals surface area (Å²) < 4.78 is 0. The highest BCUT2D eigenvalue weighted by molar-refractivity contribution is 4.82. The molecule has 0 spiro atoms. The summed E-state index contributed by atoms with van der Waals surface area (Å²) in [5.74, 6) is 0. The second kappa shape index (κ2) is 6.03. The van der Waals surface area contributed by atoms with Crippen molar-refractivity contribution in [1.82, 2.24) is 5.32 Å². The fourth-order valence-electron chi connectivity index (χ4n) is 2.25. The Hall–Kier alpha value is -0.550. The molecule has 1 aliphatic carbocycles. The Morgan fingerprint density at radius 1 is 1.29 bits per heavy atom. The standard InChI is InChI=1S/C12H22N2/c1-12(7-3-4-8-12)11-14-10-6-2-5-9-13/h14H,2-8,10-11H2,1H3. The van der Waals surface area contributed by atoms with E-state index >= 15 is 0 Å². The quantitative estimate of drug-likeness (QED) is 0.660. The highest BCUT2D eigenvalue weighted by Gasteiger charge is 2.27. The van der Waals surface area contributed by atoms with Crippen LogP contribution in [-0.2, 0) is 0 Å². The lowest BCUT2D eigenvalue weighted by Gasteiger charge is -2.23. The minimum Gasteiger partial charge on any atom is -0.316 e. The van der Waals surface area contributed by atoms with Crippen LogP contribution in [0.1, 0.15) is 51.9 Å². The van der Waals surface area contributed by atoms with E-state index in [1.165, 1.54) is 32.2 Å². The summed E-state index contributed by atoms with van der Waals surface area (Å²) in [5.41, 5.74) is 0.565. The average Bonchev–Trinajstić information content (AvgIpc) is 2.59. The Morgan fingerprint density at radius 3 is 2.64 bits per heavy atom. The Balaban J connectivity index is 1.96. The lowest BCUT2D eigenvalue weighted by molar-refractivity contribution is 0.315. The van der Waals surface area contributed by atoms with Crippen molar-refractivity contribution < 1.29 is 0 Å². The lowest BCUT2D eigenvalue weighted by atomic mass is 9.89. The average molecular weight is 194 g/mol. The van der Waals surface area contributed by atoms with Gasteiger partial charge in [-0.05, 0) is 37.6 Å². The molecule has 14 heavy (non-hydrogen) atoms. The SMILES string of the molecule is CC1(CNCCCCC#N)CCCC1. The van der Waals surface area contributed by atoms with Crippen molar-refractivity contribution in [3.8, 4) is 6.07 Å². The summed E-state index contributed by atoms with van der Waals surface area (Å²) in [7, 11) is 0. The van der Waals surface area contributed by atoms with Crippen molar-refractivity contribution in [1.29, 1.82) is 5.26 Å². The third-order valence-corrected chi connectivity index (χ3v) is 3.25. The van der Waals surface area contributed by atoms with Crippen LogP contribution >= 0.6 is 0 Å². The van der Waals surface area contributed by atoms with Crippen LogP contribution in [0.2, 0.25) is 0 Å². The highest BCUT2D eigenvalue weighted by Crippen LogP contribution is 2.36. The molecular weight excluding hydrogens is 172 g/mol. The van der Waals surface area contributed by atoms with Gasteiger partial charge in [0.2, 0.25) is 0 Å². The van der Waals surface area contributed by atoms with E-state index in [4.69, 9.17) is 5.26 Å². The summed E-state index contributed by atoms with van der Waals surface area (Å²) in [6.45, 7) is 4.64. The van der Waals surface area contributed by atoms with E-state index in [0.717, 1.165) is 19.4 Å². The Morgan fingerprint density at radius 2 is 2.00 bits per heavy atom. The molecule has 1 saturated carbocycles. The van der Waals surface area contributed by atoms with E-state index in [0.29, 0.717) is 11.8 Å². The molecule has 0 radical (unpaired) electrons. The van der Waals surface area contributed by atoms with E-state index in [2.05, 4.69) is 18.3 Å². The van der Waals surface area contributed by atoms with Crippen LogP contribution in [0.5, 0.6) is 0 Å². The first-order chi connectivity index (χ1) is 6.77. The predicted octanol–water partition coefficient (Wildman–Crippen LogP) is 2.85. The monoisotopic (exact) mass is 194 g/mol. The topological polar surface area (TPSA) is 35.8 Å². The van der Waals surface area contributed by atoms with E-state index < -0.39 is 0 Å². The Kier molecular flexibility index (Phi) is 4.97. The van der Waals surface area contributed by atoms with Crippen LogP contribution in [0, 0.1) is 16.7 Å². The number of hydrogen-bond acceptors (Lipinski definition) is 2. The first-order valence-corrected chi connectivity index (χ1v) is 5.84. The first kappa shape index (κ1) is 11.5. The van der Waals surface area contributed by atoms with E-state index in [1.54, 1.807) is 0 Å². The second-order valence-electron chi connectivity index (χ2n) is 4.81. The summed E-state index contributed by atoms with van der Waals surface area (Å²) in [6.07, 6.45) is 8.48. The van der Waals surface area contributed by atoms with Crippen LogP contribution in [0.15, 0.2) is 0 Å². The minimum absolute atomic E-state index is 0.565. The third kappa shape index (κ3) is 4.11. The molecule has 0 aromatic carbocycles. The second-order valence-corrected chi connectivity index (χ2v) is 4.81. The fraction of sp³-hybridized carbons (Fsp3) is 0.917. The van der Waals surface area contributed by atoms with Gasteiger partial charge in [0.05, 0.1) is 6.07 Å². The van der Waals surface area contributed by atoms with Gasteiger partial charge >= 0.3 is 0 Å². The van der Waals surface area contributed by atoms with Crippen LogP contribution in [-0.4, -0.2) is 13.1 Å². The summed E-state index contributed by atoms with van der Waals surface area (Å²) in [5, 5.41) is 11.9. The Bertz CT molecular complexity index is 187. The van der Waals surface area contributed by atoms with Gasteiger partial charge in [-0.1, -0.05) is 19.8 Å². The highest BCUT2D eigenvalue weighted by atomic mass is 14.9. The van der Waals surface area contributed by atoms with Gasteiger partial charge in [-0.3, -0.25) is 0 Å². The fourth-order valence-corrected chi connectivity index (χ4v) is 2.25. The van der Waals surface area contributed by atoms with Crippen molar-refractivity contribution in [3.63, 3.8) is 0 Å². The number of nitrogens with one attached hydrogen (secondary N) is 1. The summed E-state index contributed by atoms with van der Waals surface area (Å²) in [6, 6.07) is 2.18. The molecule has 0 unspecified atom stereocenters. The van der Waals surface area contributed by atoms with Crippen molar-refractivity contribution in [2.24, 2.45) is 5.41 Å². The number of unbranched alkanes of at least 4 members (excludes halogenated alkanes) is 2. The van der Waals surface area contributed by atoms with Crippen LogP contribution < -0.4 is 5.32 Å². The molecule has 0 aliphatic heterocycles. The summed E-state index contributed by atoms with van der Waals surface area (Å²) in [4.78, 5) is 0. The van der Waals surface area contributed by atoms with Gasteiger partial charge in [0, 0.05) is 13.0 Å². The van der Waals surface area contributed by atoms with Gasteiger partial charge in [-0.15, -0.1) is 0 Å². The number of rotatable bonds is 6. The molecule has 2 nitrogen and oxygen atoms in total. The number of hydrogen-bond donors (Lipinski definition) is 1. The van der Waals surface area contributed by atoms with Crippen LogP contribution in [0.3, 0.4) is 0 Å². The molecule has 0 aromatic heterocycles. The molecule has 1 rings (SSSR count). The zero-order valence-electron chi connectivity index (χ0n) is 9.31. The van der Waals surface area contributed by atoms with Crippen molar-refractivity contribution >= 4 is 0 Å². The van der Waals surface area contributed by atoms with Crippen molar-refractivity contribution in [2.75, 3.05) is 13.1 Å². The number of nitriles is 1. The van der Waals surface area contributed by atoms with Crippen LogP contribution in [0.4, 0.5) is 0 Å². The van der Waals surface area contributed by atoms with Gasteiger partial charge in [0.25, 0.3) is 0 Å². The molecule has 0 atom stereocenters.